The van der Waals surface area contributed by atoms with Gasteiger partial charge in [0, 0.05) is 42.4 Å². The van der Waals surface area contributed by atoms with Gasteiger partial charge in [0.25, 0.3) is 5.91 Å². The van der Waals surface area contributed by atoms with E-state index in [-0.39, 0.29) is 54.3 Å². The summed E-state index contributed by atoms with van der Waals surface area (Å²) in [4.78, 5) is 71.9. The number of allylic oxidation sites excluding steroid dienone is 1. The molecule has 20 heteroatoms. The standard InChI is InChI=1S/C47H58F3N7O9S/c1-27(2)65-32-15-13-30(14-16-32)35-22-33(23-36(53-35)39-51-19-10-20-52-39)66-34-24-37-40(58)54-46(42(60)55-67(63,64)45(7)17-18-45)25-31(46)12-9-8-11-28(3)21-29(4)38(41(59)56(37)26-34)57(43(61)62)44(5,6)47(48,49)50/h9-10,12-16,19-20,22-23,27-29,31,34,37-38H,8,11,17-18,21,24-26H2,1-7H3,(H,54,58)(H,55,60)(H,61,62)/t28-,29+,31+,34+,37-,38-,46+/m0/s1. The topological polar surface area (TPSA) is 210 Å². The largest absolute Gasteiger partial charge is 0.491 e. The number of halogens is 3. The molecule has 2 aromatic heterocycles. The summed E-state index contributed by atoms with van der Waals surface area (Å²) in [6.07, 6.45) is -0.0406. The average Bonchev–Trinajstić information content (AvgIpc) is 4.13. The molecule has 7 atom stereocenters. The van der Waals surface area contributed by atoms with Gasteiger partial charge in [-0.3, -0.25) is 24.0 Å². The molecule has 4 heterocycles. The monoisotopic (exact) mass is 953 g/mol. The Balaban J connectivity index is 1.30. The number of benzene rings is 1. The summed E-state index contributed by atoms with van der Waals surface area (Å²) in [5.41, 5.74) is -3.41. The Kier molecular flexibility index (Phi) is 13.5. The van der Waals surface area contributed by atoms with Crippen molar-refractivity contribution in [3.8, 4) is 34.3 Å². The molecule has 3 fully saturated rings. The Bertz CT molecular complexity index is 2500. The molecule has 362 valence electrons. The van der Waals surface area contributed by atoms with Gasteiger partial charge in [-0.25, -0.2) is 28.2 Å². The second-order valence-corrected chi connectivity index (χ2v) is 21.6. The molecule has 2 aliphatic carbocycles. The number of rotatable bonds is 11. The van der Waals surface area contributed by atoms with E-state index < -0.39 is 85.9 Å². The number of pyridine rings is 1. The maximum absolute atomic E-state index is 15.2. The van der Waals surface area contributed by atoms with E-state index in [4.69, 9.17) is 14.5 Å². The summed E-state index contributed by atoms with van der Waals surface area (Å²) < 4.78 is 84.7. The van der Waals surface area contributed by atoms with Gasteiger partial charge in [0.15, 0.2) is 5.82 Å². The van der Waals surface area contributed by atoms with E-state index in [9.17, 15) is 41.1 Å². The van der Waals surface area contributed by atoms with Gasteiger partial charge >= 0.3 is 12.3 Å². The Morgan fingerprint density at radius 1 is 1.01 bits per heavy atom. The summed E-state index contributed by atoms with van der Waals surface area (Å²) in [6, 6.07) is 8.55. The number of fused-ring (bicyclic) bond motifs is 2. The van der Waals surface area contributed by atoms with Crippen LogP contribution in [0, 0.1) is 17.8 Å². The van der Waals surface area contributed by atoms with Crippen LogP contribution in [-0.4, -0.2) is 115 Å². The second-order valence-electron chi connectivity index (χ2n) is 19.5. The summed E-state index contributed by atoms with van der Waals surface area (Å²) in [7, 11) is -4.15. The zero-order chi connectivity index (χ0) is 48.9. The van der Waals surface area contributed by atoms with E-state index in [0.717, 1.165) is 4.90 Å². The van der Waals surface area contributed by atoms with Crippen molar-refractivity contribution in [2.75, 3.05) is 6.54 Å². The van der Waals surface area contributed by atoms with Gasteiger partial charge in [0.2, 0.25) is 21.8 Å². The van der Waals surface area contributed by atoms with E-state index in [1.165, 1.54) is 26.2 Å². The fourth-order valence-electron chi connectivity index (χ4n) is 9.02. The van der Waals surface area contributed by atoms with Crippen molar-refractivity contribution in [2.45, 2.75) is 140 Å². The maximum atomic E-state index is 15.2. The molecule has 16 nitrogen and oxygen atoms in total. The number of carbonyl (C=O) groups is 4. The van der Waals surface area contributed by atoms with Crippen molar-refractivity contribution in [3.05, 3.63) is 67.0 Å². The zero-order valence-corrected chi connectivity index (χ0v) is 39.4. The molecule has 2 aliphatic heterocycles. The Hall–Kier alpha value is -5.79. The van der Waals surface area contributed by atoms with Crippen LogP contribution in [0.15, 0.2) is 67.0 Å². The van der Waals surface area contributed by atoms with Crippen LogP contribution in [0.5, 0.6) is 11.5 Å². The summed E-state index contributed by atoms with van der Waals surface area (Å²) in [6.45, 7) is 9.69. The first kappa shape index (κ1) is 49.1. The van der Waals surface area contributed by atoms with E-state index >= 15 is 4.79 Å². The molecule has 67 heavy (non-hydrogen) atoms. The van der Waals surface area contributed by atoms with Crippen molar-refractivity contribution in [1.29, 1.82) is 0 Å². The van der Waals surface area contributed by atoms with Crippen LogP contribution in [0.4, 0.5) is 18.0 Å². The lowest BCUT2D eigenvalue weighted by atomic mass is 9.85. The van der Waals surface area contributed by atoms with Crippen molar-refractivity contribution < 1.29 is 55.3 Å². The van der Waals surface area contributed by atoms with Crippen LogP contribution >= 0.6 is 0 Å². The van der Waals surface area contributed by atoms with Gasteiger partial charge in [-0.15, -0.1) is 0 Å². The van der Waals surface area contributed by atoms with Crippen LogP contribution in [0.1, 0.15) is 93.4 Å². The third-order valence-corrected chi connectivity index (χ3v) is 15.6. The minimum atomic E-state index is -5.12. The average molecular weight is 954 g/mol. The number of alkyl halides is 3. The number of ether oxygens (including phenoxy) is 2. The second kappa shape index (κ2) is 18.4. The molecule has 1 saturated heterocycles. The molecule has 1 aromatic carbocycles. The molecule has 3 N–H and O–H groups in total. The van der Waals surface area contributed by atoms with E-state index in [0.29, 0.717) is 62.2 Å². The minimum absolute atomic E-state index is 0.0321. The molecular formula is C47H58F3N7O9S. The third kappa shape index (κ3) is 10.2. The molecule has 4 amide bonds. The first-order chi connectivity index (χ1) is 31.4. The van der Waals surface area contributed by atoms with Gasteiger partial charge in [-0.1, -0.05) is 26.0 Å². The highest BCUT2D eigenvalue weighted by molar-refractivity contribution is 7.91. The number of sulfonamides is 1. The molecule has 0 radical (unpaired) electrons. The summed E-state index contributed by atoms with van der Waals surface area (Å²) >= 11 is 0. The van der Waals surface area contributed by atoms with Gasteiger partial charge in [0.1, 0.15) is 46.5 Å². The highest BCUT2D eigenvalue weighted by Gasteiger charge is 2.64. The minimum Gasteiger partial charge on any atom is -0.491 e. The van der Waals surface area contributed by atoms with Crippen molar-refractivity contribution in [3.63, 3.8) is 0 Å². The number of nitrogens with one attached hydrogen (secondary N) is 2. The van der Waals surface area contributed by atoms with E-state index in [2.05, 4.69) is 20.0 Å². The lowest BCUT2D eigenvalue weighted by Crippen LogP contribution is -2.66. The number of carbonyl (C=O) groups excluding carboxylic acids is 3. The van der Waals surface area contributed by atoms with Crippen LogP contribution < -0.4 is 19.5 Å². The number of aromatic nitrogens is 3. The summed E-state index contributed by atoms with van der Waals surface area (Å²) in [5, 5.41) is 13.3. The fraction of sp³-hybridized carbons (Fsp3) is 0.553. The molecule has 7 rings (SSSR count). The van der Waals surface area contributed by atoms with Crippen LogP contribution in [0.3, 0.4) is 0 Å². The normalized spacial score (nSPS) is 26.6. The van der Waals surface area contributed by atoms with E-state index in [1.54, 1.807) is 54.6 Å². The predicted molar refractivity (Wildman–Crippen MR) is 240 cm³/mol. The first-order valence-corrected chi connectivity index (χ1v) is 24.0. The van der Waals surface area contributed by atoms with E-state index in [1.807, 2.05) is 20.8 Å². The SMILES string of the molecule is CC(C)Oc1ccc(-c2cc(O[C@@H]3C[C@H]4C(=O)N[C@]5(C(=O)NS(=O)(=O)C6(C)CC6)C[C@H]5C=CCC[C@H](C)C[C@@H](C)[C@H](N(C(=O)O)C(C)(C)C(F)(F)F)C(=O)N4C3)cc(-c3ncccn3)n2)cc1. The summed E-state index contributed by atoms with van der Waals surface area (Å²) in [5.74, 6) is -3.65. The predicted octanol–water partition coefficient (Wildman–Crippen LogP) is 6.92. The van der Waals surface area contributed by atoms with Crippen LogP contribution in [-0.2, 0) is 24.4 Å². The Labute approximate surface area is 388 Å². The van der Waals surface area contributed by atoms with Crippen molar-refractivity contribution >= 4 is 33.8 Å². The molecule has 2 saturated carbocycles. The van der Waals surface area contributed by atoms with Gasteiger partial charge in [-0.2, -0.15) is 13.2 Å². The van der Waals surface area contributed by atoms with Gasteiger partial charge in [0.05, 0.1) is 23.1 Å². The highest BCUT2D eigenvalue weighted by atomic mass is 32.2. The molecule has 4 aliphatic rings. The molecule has 3 aromatic rings. The fourth-order valence-corrected chi connectivity index (χ4v) is 10.3. The number of hydrogen-bond donors (Lipinski definition) is 3. The lowest BCUT2D eigenvalue weighted by molar-refractivity contribution is -0.222. The maximum Gasteiger partial charge on any atom is 0.411 e. The Morgan fingerprint density at radius 2 is 1.67 bits per heavy atom. The number of nitrogens with zero attached hydrogens (tertiary/aromatic N) is 5. The van der Waals surface area contributed by atoms with Crippen molar-refractivity contribution in [1.82, 2.24) is 34.8 Å². The molecular weight excluding hydrogens is 896 g/mol. The van der Waals surface area contributed by atoms with Crippen LogP contribution in [0.25, 0.3) is 22.8 Å². The van der Waals surface area contributed by atoms with Gasteiger partial charge < -0.3 is 24.8 Å². The first-order valence-electron chi connectivity index (χ1n) is 22.5. The number of hydrogen-bond acceptors (Lipinski definition) is 11. The molecule has 0 spiro atoms. The lowest BCUT2D eigenvalue weighted by Gasteiger charge is -2.45. The zero-order valence-electron chi connectivity index (χ0n) is 38.5. The van der Waals surface area contributed by atoms with Gasteiger partial charge in [-0.05, 0) is 115 Å². The van der Waals surface area contributed by atoms with Crippen LogP contribution in [0.2, 0.25) is 0 Å². The smallest absolute Gasteiger partial charge is 0.411 e. The number of amides is 4. The van der Waals surface area contributed by atoms with Crippen molar-refractivity contribution in [2.24, 2.45) is 17.8 Å². The quantitative estimate of drug-likeness (QED) is 0.167. The molecule has 0 bridgehead atoms. The third-order valence-electron chi connectivity index (χ3n) is 13.4. The molecule has 0 unspecified atom stereocenters. The highest BCUT2D eigenvalue weighted by Crippen LogP contribution is 2.48. The Morgan fingerprint density at radius 3 is 2.28 bits per heavy atom. The number of carboxylic acid groups (broad SMARTS) is 1.